The zero-order valence-electron chi connectivity index (χ0n) is 11.6. The third-order valence-corrected chi connectivity index (χ3v) is 3.97. The molecule has 2 aromatic heterocycles. The van der Waals surface area contributed by atoms with Gasteiger partial charge in [0.05, 0.1) is 11.9 Å². The zero-order chi connectivity index (χ0) is 13.5. The van der Waals surface area contributed by atoms with E-state index in [1.54, 1.807) is 0 Å². The van der Waals surface area contributed by atoms with Gasteiger partial charge < -0.3 is 4.42 Å². The van der Waals surface area contributed by atoms with E-state index in [4.69, 9.17) is 4.42 Å². The second kappa shape index (κ2) is 4.43. The molecule has 0 aromatic carbocycles. The molecule has 0 amide bonds. The van der Waals surface area contributed by atoms with Crippen LogP contribution in [0.25, 0.3) is 0 Å². The van der Waals surface area contributed by atoms with Crippen LogP contribution in [-0.4, -0.2) is 25.2 Å². The highest BCUT2D eigenvalue weighted by molar-refractivity contribution is 5.19. The lowest BCUT2D eigenvalue weighted by Gasteiger charge is -2.12. The van der Waals surface area contributed by atoms with E-state index in [0.29, 0.717) is 17.2 Å². The lowest BCUT2D eigenvalue weighted by molar-refractivity contribution is 0.403. The van der Waals surface area contributed by atoms with Crippen LogP contribution in [0.3, 0.4) is 0 Å². The molecule has 0 radical (unpaired) electrons. The van der Waals surface area contributed by atoms with E-state index in [0.717, 1.165) is 13.0 Å². The Morgan fingerprint density at radius 2 is 2.21 bits per heavy atom. The first kappa shape index (κ1) is 12.3. The van der Waals surface area contributed by atoms with Gasteiger partial charge in [-0.1, -0.05) is 19.1 Å². The molecule has 0 spiro atoms. The summed E-state index contributed by atoms with van der Waals surface area (Å²) in [6, 6.07) is 0. The highest BCUT2D eigenvalue weighted by Gasteiger charge is 2.42. The van der Waals surface area contributed by atoms with E-state index >= 15 is 0 Å². The highest BCUT2D eigenvalue weighted by Crippen LogP contribution is 2.47. The molecule has 1 aliphatic carbocycles. The minimum atomic E-state index is 0.241. The fraction of sp³-hybridized carbons (Fsp3) is 0.692. The molecule has 0 aliphatic heterocycles. The fourth-order valence-corrected chi connectivity index (χ4v) is 2.28. The SMILES string of the molecule is Cc1nnc(C(C)CCn2nncc2C2(C)CC2)o1. The third-order valence-electron chi connectivity index (χ3n) is 3.97. The zero-order valence-corrected chi connectivity index (χ0v) is 11.6. The number of nitrogens with zero attached hydrogens (tertiary/aromatic N) is 5. The van der Waals surface area contributed by atoms with Crippen LogP contribution >= 0.6 is 0 Å². The third kappa shape index (κ3) is 2.39. The molecule has 0 saturated heterocycles. The molecule has 1 aliphatic rings. The Labute approximate surface area is 112 Å². The van der Waals surface area contributed by atoms with Crippen molar-refractivity contribution in [3.05, 3.63) is 23.7 Å². The summed E-state index contributed by atoms with van der Waals surface area (Å²) in [7, 11) is 0. The second-order valence-corrected chi connectivity index (χ2v) is 5.75. The van der Waals surface area contributed by atoms with Crippen LogP contribution in [0.5, 0.6) is 0 Å². The maximum atomic E-state index is 5.46. The van der Waals surface area contributed by atoms with Gasteiger partial charge in [0, 0.05) is 24.8 Å². The van der Waals surface area contributed by atoms with E-state index in [-0.39, 0.29) is 5.92 Å². The van der Waals surface area contributed by atoms with Gasteiger partial charge in [-0.05, 0) is 19.3 Å². The van der Waals surface area contributed by atoms with Crippen LogP contribution in [0, 0.1) is 6.92 Å². The minimum absolute atomic E-state index is 0.241. The van der Waals surface area contributed by atoms with Crippen LogP contribution in [0.4, 0.5) is 0 Å². The molecule has 2 heterocycles. The predicted molar refractivity (Wildman–Crippen MR) is 68.7 cm³/mol. The van der Waals surface area contributed by atoms with Crippen molar-refractivity contribution in [2.75, 3.05) is 0 Å². The van der Waals surface area contributed by atoms with E-state index in [9.17, 15) is 0 Å². The Kier molecular flexibility index (Phi) is 2.88. The van der Waals surface area contributed by atoms with Gasteiger partial charge in [-0.2, -0.15) is 0 Å². The van der Waals surface area contributed by atoms with E-state index < -0.39 is 0 Å². The van der Waals surface area contributed by atoms with Gasteiger partial charge in [-0.15, -0.1) is 15.3 Å². The molecule has 3 rings (SSSR count). The second-order valence-electron chi connectivity index (χ2n) is 5.75. The van der Waals surface area contributed by atoms with Crippen molar-refractivity contribution in [1.29, 1.82) is 0 Å². The molecule has 2 aromatic rings. The van der Waals surface area contributed by atoms with Crippen molar-refractivity contribution >= 4 is 0 Å². The monoisotopic (exact) mass is 261 g/mol. The molecular weight excluding hydrogens is 242 g/mol. The lowest BCUT2D eigenvalue weighted by Crippen LogP contribution is -2.13. The van der Waals surface area contributed by atoms with Gasteiger partial charge in [0.2, 0.25) is 11.8 Å². The van der Waals surface area contributed by atoms with E-state index in [2.05, 4.69) is 34.4 Å². The number of rotatable bonds is 5. The lowest BCUT2D eigenvalue weighted by atomic mass is 10.1. The molecule has 6 nitrogen and oxygen atoms in total. The molecule has 6 heteroatoms. The normalized spacial score (nSPS) is 18.5. The van der Waals surface area contributed by atoms with E-state index in [1.807, 2.05) is 17.8 Å². The smallest absolute Gasteiger partial charge is 0.219 e. The highest BCUT2D eigenvalue weighted by atomic mass is 16.4. The molecule has 1 fully saturated rings. The molecule has 102 valence electrons. The fourth-order valence-electron chi connectivity index (χ4n) is 2.28. The minimum Gasteiger partial charge on any atom is -0.425 e. The number of aryl methyl sites for hydroxylation is 2. The first-order valence-electron chi connectivity index (χ1n) is 6.77. The summed E-state index contributed by atoms with van der Waals surface area (Å²) in [5.41, 5.74) is 1.55. The topological polar surface area (TPSA) is 69.6 Å². The Hall–Kier alpha value is -1.72. The molecular formula is C13H19N5O. The van der Waals surface area contributed by atoms with E-state index in [1.165, 1.54) is 18.5 Å². The number of hydrogen-bond donors (Lipinski definition) is 0. The first-order valence-corrected chi connectivity index (χ1v) is 6.77. The average molecular weight is 261 g/mol. The van der Waals surface area contributed by atoms with Crippen LogP contribution in [0.15, 0.2) is 10.6 Å². The predicted octanol–water partition coefficient (Wildman–Crippen LogP) is 2.21. The summed E-state index contributed by atoms with van der Waals surface area (Å²) < 4.78 is 7.48. The van der Waals surface area contributed by atoms with Gasteiger partial charge in [-0.25, -0.2) is 4.68 Å². The van der Waals surface area contributed by atoms with Crippen molar-refractivity contribution in [2.24, 2.45) is 0 Å². The Balaban J connectivity index is 1.65. The van der Waals surface area contributed by atoms with Crippen LogP contribution in [0.1, 0.15) is 56.5 Å². The first-order chi connectivity index (χ1) is 9.08. The van der Waals surface area contributed by atoms with Crippen molar-refractivity contribution in [3.8, 4) is 0 Å². The van der Waals surface area contributed by atoms with Gasteiger partial charge in [0.15, 0.2) is 0 Å². The maximum Gasteiger partial charge on any atom is 0.219 e. The summed E-state index contributed by atoms with van der Waals surface area (Å²) in [6.45, 7) is 7.02. The van der Waals surface area contributed by atoms with Crippen molar-refractivity contribution < 1.29 is 4.42 Å². The Morgan fingerprint density at radius 1 is 1.42 bits per heavy atom. The maximum absolute atomic E-state index is 5.46. The summed E-state index contributed by atoms with van der Waals surface area (Å²) in [4.78, 5) is 0. The van der Waals surface area contributed by atoms with Crippen LogP contribution in [0.2, 0.25) is 0 Å². The van der Waals surface area contributed by atoms with Crippen molar-refractivity contribution in [3.63, 3.8) is 0 Å². The van der Waals surface area contributed by atoms with Gasteiger partial charge in [0.25, 0.3) is 0 Å². The molecule has 1 atom stereocenters. The largest absolute Gasteiger partial charge is 0.425 e. The Bertz CT molecular complexity index is 569. The number of hydrogen-bond acceptors (Lipinski definition) is 5. The van der Waals surface area contributed by atoms with Crippen molar-refractivity contribution in [1.82, 2.24) is 25.2 Å². The molecule has 1 saturated carbocycles. The van der Waals surface area contributed by atoms with Gasteiger partial charge in [0.1, 0.15) is 0 Å². The standard InChI is InChI=1S/C13H19N5O/c1-9(12-16-15-10(2)19-12)4-7-18-11(8-14-17-18)13(3)5-6-13/h8-9H,4-7H2,1-3H3. The average Bonchev–Trinajstić information content (AvgIpc) is 2.84. The van der Waals surface area contributed by atoms with Crippen molar-refractivity contribution in [2.45, 2.75) is 57.9 Å². The summed E-state index contributed by atoms with van der Waals surface area (Å²) in [6.07, 6.45) is 5.29. The number of aromatic nitrogens is 5. The molecule has 0 N–H and O–H groups in total. The molecule has 1 unspecified atom stereocenters. The van der Waals surface area contributed by atoms with Gasteiger partial charge >= 0.3 is 0 Å². The molecule has 19 heavy (non-hydrogen) atoms. The summed E-state index contributed by atoms with van der Waals surface area (Å²) in [5, 5.41) is 16.2. The molecule has 0 bridgehead atoms. The van der Waals surface area contributed by atoms with Crippen LogP contribution < -0.4 is 0 Å². The summed E-state index contributed by atoms with van der Waals surface area (Å²) in [5.74, 6) is 1.57. The van der Waals surface area contributed by atoms with Crippen LogP contribution in [-0.2, 0) is 12.0 Å². The summed E-state index contributed by atoms with van der Waals surface area (Å²) >= 11 is 0. The quantitative estimate of drug-likeness (QED) is 0.825. The Morgan fingerprint density at radius 3 is 2.84 bits per heavy atom. The van der Waals surface area contributed by atoms with Gasteiger partial charge in [-0.3, -0.25) is 0 Å².